The molecule has 1 N–H and O–H groups in total. The molecule has 0 aliphatic carbocycles. The van der Waals surface area contributed by atoms with Crippen LogP contribution in [0.3, 0.4) is 0 Å². The molecule has 0 atom stereocenters. The third-order valence-corrected chi connectivity index (χ3v) is 4.38. The van der Waals surface area contributed by atoms with E-state index in [1.165, 1.54) is 0 Å². The number of nitrogens with zero attached hydrogens (tertiary/aromatic N) is 1. The smallest absolute Gasteiger partial charge is 0.271 e. The number of halogens is 4. The van der Waals surface area contributed by atoms with Crippen molar-refractivity contribution in [2.45, 2.75) is 0 Å². The molecular formula is C7HCl4NOS. The highest BCUT2D eigenvalue weighted by Crippen LogP contribution is 2.45. The van der Waals surface area contributed by atoms with Gasteiger partial charge in [-0.3, -0.25) is 0 Å². The topological polar surface area (TPSA) is 33.1 Å². The lowest BCUT2D eigenvalue weighted by atomic mass is 10.3. The van der Waals surface area contributed by atoms with Crippen molar-refractivity contribution in [3.63, 3.8) is 0 Å². The standard InChI is InChI=1S/C7HCl4NOS/c8-1-2(9)4(11)6-5(3(1)10)12-7(13)14-6/h(H,12,13). The first-order valence-corrected chi connectivity index (χ1v) is 5.66. The van der Waals surface area contributed by atoms with Crippen LogP contribution in [-0.4, -0.2) is 10.1 Å². The maximum atomic E-state index is 9.19. The Bertz CT molecular complexity index is 479. The van der Waals surface area contributed by atoms with Crippen molar-refractivity contribution in [2.24, 2.45) is 0 Å². The van der Waals surface area contributed by atoms with Crippen LogP contribution < -0.4 is 0 Å². The predicted molar refractivity (Wildman–Crippen MR) is 61.3 cm³/mol. The van der Waals surface area contributed by atoms with Gasteiger partial charge >= 0.3 is 0 Å². The minimum Gasteiger partial charge on any atom is -0.486 e. The van der Waals surface area contributed by atoms with Crippen molar-refractivity contribution in [1.82, 2.24) is 4.98 Å². The van der Waals surface area contributed by atoms with Crippen molar-refractivity contribution in [2.75, 3.05) is 0 Å². The monoisotopic (exact) mass is 287 g/mol. The number of benzene rings is 1. The van der Waals surface area contributed by atoms with Crippen LogP contribution in [0.25, 0.3) is 10.2 Å². The Balaban J connectivity index is 3.01. The molecule has 0 saturated carbocycles. The van der Waals surface area contributed by atoms with E-state index in [2.05, 4.69) is 4.98 Å². The molecule has 2 nitrogen and oxygen atoms in total. The lowest BCUT2D eigenvalue weighted by Gasteiger charge is -2.01. The normalized spacial score (nSPS) is 11.1. The minimum absolute atomic E-state index is 0.123. The van der Waals surface area contributed by atoms with Crippen LogP contribution in [0, 0.1) is 0 Å². The van der Waals surface area contributed by atoms with Crippen molar-refractivity contribution in [1.29, 1.82) is 0 Å². The van der Waals surface area contributed by atoms with Gasteiger partial charge in [-0.25, -0.2) is 4.98 Å². The average molecular weight is 289 g/mol. The molecule has 0 unspecified atom stereocenters. The highest BCUT2D eigenvalue weighted by Gasteiger charge is 2.18. The van der Waals surface area contributed by atoms with E-state index in [0.29, 0.717) is 10.2 Å². The Morgan fingerprint density at radius 1 is 0.929 bits per heavy atom. The van der Waals surface area contributed by atoms with E-state index < -0.39 is 0 Å². The highest BCUT2D eigenvalue weighted by atomic mass is 35.5. The van der Waals surface area contributed by atoms with Crippen LogP contribution >= 0.6 is 57.7 Å². The molecule has 0 saturated heterocycles. The number of hydrogen-bond donors (Lipinski definition) is 1. The molecule has 1 aromatic carbocycles. The number of aromatic nitrogens is 1. The second-order valence-corrected chi connectivity index (χ2v) is 4.92. The van der Waals surface area contributed by atoms with Crippen molar-refractivity contribution in [3.8, 4) is 5.19 Å². The maximum Gasteiger partial charge on any atom is 0.271 e. The van der Waals surface area contributed by atoms with Gasteiger partial charge in [-0.1, -0.05) is 57.7 Å². The van der Waals surface area contributed by atoms with E-state index in [0.717, 1.165) is 11.3 Å². The first-order valence-electron chi connectivity index (χ1n) is 3.33. The summed E-state index contributed by atoms with van der Waals surface area (Å²) in [6.45, 7) is 0. The molecule has 7 heteroatoms. The fourth-order valence-electron chi connectivity index (χ4n) is 1.00. The SMILES string of the molecule is Oc1nc2c(Cl)c(Cl)c(Cl)c(Cl)c2s1. The first-order chi connectivity index (χ1) is 6.52. The Hall–Kier alpha value is 0.0700. The summed E-state index contributed by atoms with van der Waals surface area (Å²) in [7, 11) is 0. The number of thiazole rings is 1. The molecule has 0 fully saturated rings. The van der Waals surface area contributed by atoms with Crippen molar-refractivity contribution < 1.29 is 5.11 Å². The Morgan fingerprint density at radius 3 is 2.14 bits per heavy atom. The van der Waals surface area contributed by atoms with E-state index in [9.17, 15) is 5.11 Å². The summed E-state index contributed by atoms with van der Waals surface area (Å²) < 4.78 is 0.531. The number of hydrogen-bond acceptors (Lipinski definition) is 3. The van der Waals surface area contributed by atoms with Gasteiger partial charge < -0.3 is 5.11 Å². The maximum absolute atomic E-state index is 9.19. The number of fused-ring (bicyclic) bond motifs is 1. The van der Waals surface area contributed by atoms with E-state index in [1.807, 2.05) is 0 Å². The summed E-state index contributed by atoms with van der Waals surface area (Å²) in [5, 5.41) is 9.85. The molecule has 2 aromatic rings. The van der Waals surface area contributed by atoms with Gasteiger partial charge in [0.25, 0.3) is 5.19 Å². The van der Waals surface area contributed by atoms with E-state index in [-0.39, 0.29) is 25.3 Å². The van der Waals surface area contributed by atoms with E-state index in [4.69, 9.17) is 46.4 Å². The quantitative estimate of drug-likeness (QED) is 0.567. The molecule has 0 amide bonds. The largest absolute Gasteiger partial charge is 0.486 e. The van der Waals surface area contributed by atoms with Crippen molar-refractivity contribution in [3.05, 3.63) is 20.1 Å². The zero-order valence-electron chi connectivity index (χ0n) is 6.31. The summed E-state index contributed by atoms with van der Waals surface area (Å²) in [6, 6.07) is 0. The van der Waals surface area contributed by atoms with Gasteiger partial charge in [0.05, 0.1) is 24.8 Å². The van der Waals surface area contributed by atoms with E-state index in [1.54, 1.807) is 0 Å². The van der Waals surface area contributed by atoms with Gasteiger partial charge in [-0.2, -0.15) is 0 Å². The lowest BCUT2D eigenvalue weighted by Crippen LogP contribution is -1.77. The van der Waals surface area contributed by atoms with Gasteiger partial charge in [0.2, 0.25) is 0 Å². The highest BCUT2D eigenvalue weighted by molar-refractivity contribution is 7.21. The summed E-state index contributed by atoms with van der Waals surface area (Å²) in [5.41, 5.74) is 0.369. The van der Waals surface area contributed by atoms with Crippen LogP contribution in [0.4, 0.5) is 0 Å². The Labute approximate surface area is 103 Å². The summed E-state index contributed by atoms with van der Waals surface area (Å²) in [4.78, 5) is 3.79. The third-order valence-electron chi connectivity index (χ3n) is 1.60. The number of aromatic hydroxyl groups is 1. The predicted octanol–water partition coefficient (Wildman–Crippen LogP) is 4.62. The molecule has 1 aromatic heterocycles. The molecule has 2 rings (SSSR count). The molecule has 0 aliphatic heterocycles. The molecule has 1 heterocycles. The Kier molecular flexibility index (Phi) is 2.70. The van der Waals surface area contributed by atoms with E-state index >= 15 is 0 Å². The lowest BCUT2D eigenvalue weighted by molar-refractivity contribution is 0.472. The second kappa shape index (κ2) is 3.58. The molecule has 0 aliphatic rings. The van der Waals surface area contributed by atoms with Crippen molar-refractivity contribution >= 4 is 68.0 Å². The number of rotatable bonds is 0. The molecule has 74 valence electrons. The summed E-state index contributed by atoms with van der Waals surface area (Å²) in [6.07, 6.45) is 0. The molecule has 0 spiro atoms. The summed E-state index contributed by atoms with van der Waals surface area (Å²) in [5.74, 6) is 0. The van der Waals surface area contributed by atoms with Gasteiger partial charge in [0.15, 0.2) is 0 Å². The Morgan fingerprint density at radius 2 is 1.50 bits per heavy atom. The second-order valence-electron chi connectivity index (χ2n) is 2.43. The fraction of sp³-hybridized carbons (Fsp3) is 0. The van der Waals surface area contributed by atoms with Crippen LogP contribution in [0.15, 0.2) is 0 Å². The molecular weight excluding hydrogens is 288 g/mol. The van der Waals surface area contributed by atoms with Gasteiger partial charge in [0, 0.05) is 0 Å². The molecule has 14 heavy (non-hydrogen) atoms. The zero-order valence-corrected chi connectivity index (χ0v) is 10.2. The van der Waals surface area contributed by atoms with Crippen LogP contribution in [0.2, 0.25) is 20.1 Å². The molecule has 0 radical (unpaired) electrons. The van der Waals surface area contributed by atoms with Crippen LogP contribution in [0.1, 0.15) is 0 Å². The average Bonchev–Trinajstić information content (AvgIpc) is 2.54. The first kappa shape index (κ1) is 10.6. The minimum atomic E-state index is -0.123. The summed E-state index contributed by atoms with van der Waals surface area (Å²) >= 11 is 24.4. The fourth-order valence-corrected chi connectivity index (χ4v) is 2.87. The molecule has 0 bridgehead atoms. The van der Waals surface area contributed by atoms with Gasteiger partial charge in [-0.15, -0.1) is 0 Å². The van der Waals surface area contributed by atoms with Crippen LogP contribution in [0.5, 0.6) is 5.19 Å². The third kappa shape index (κ3) is 1.44. The van der Waals surface area contributed by atoms with Gasteiger partial charge in [-0.05, 0) is 0 Å². The zero-order chi connectivity index (χ0) is 10.5. The van der Waals surface area contributed by atoms with Gasteiger partial charge in [0.1, 0.15) is 5.52 Å². The van der Waals surface area contributed by atoms with Crippen LogP contribution in [-0.2, 0) is 0 Å².